The van der Waals surface area contributed by atoms with Gasteiger partial charge in [-0.1, -0.05) is 0 Å². The van der Waals surface area contributed by atoms with Crippen LogP contribution < -0.4 is 15.5 Å². The highest BCUT2D eigenvalue weighted by Gasteiger charge is 2.33. The Balaban J connectivity index is 1.72. The number of carbonyl (C=O) groups is 2. The van der Waals surface area contributed by atoms with Crippen LogP contribution in [-0.2, 0) is 9.59 Å². The molecule has 21 heavy (non-hydrogen) atoms. The van der Waals surface area contributed by atoms with E-state index in [0.29, 0.717) is 6.54 Å². The van der Waals surface area contributed by atoms with Crippen LogP contribution >= 0.6 is 0 Å². The summed E-state index contributed by atoms with van der Waals surface area (Å²) in [6.45, 7) is 2.61. The molecule has 0 aromatic heterocycles. The minimum absolute atomic E-state index is 0.0236. The van der Waals surface area contributed by atoms with Crippen LogP contribution in [0.4, 0.5) is 11.4 Å². The lowest BCUT2D eigenvalue weighted by Crippen LogP contribution is -2.30. The Kier molecular flexibility index (Phi) is 3.82. The van der Waals surface area contributed by atoms with Gasteiger partial charge in [-0.3, -0.25) is 9.59 Å². The Labute approximate surface area is 124 Å². The zero-order valence-electron chi connectivity index (χ0n) is 12.1. The van der Waals surface area contributed by atoms with E-state index in [2.05, 4.69) is 17.0 Å². The smallest absolute Gasteiger partial charge is 0.227 e. The number of amides is 2. The molecule has 1 aromatic carbocycles. The van der Waals surface area contributed by atoms with Crippen molar-refractivity contribution in [1.29, 1.82) is 0 Å². The van der Waals surface area contributed by atoms with Gasteiger partial charge >= 0.3 is 0 Å². The first kappa shape index (κ1) is 13.9. The third-order valence-electron chi connectivity index (χ3n) is 4.41. The quantitative estimate of drug-likeness (QED) is 0.916. The number of rotatable bonds is 3. The van der Waals surface area contributed by atoms with Crippen LogP contribution in [0.3, 0.4) is 0 Å². The Morgan fingerprint density at radius 3 is 2.24 bits per heavy atom. The highest BCUT2D eigenvalue weighted by Crippen LogP contribution is 2.28. The van der Waals surface area contributed by atoms with Crippen LogP contribution in [-0.4, -0.2) is 31.4 Å². The second-order valence-corrected chi connectivity index (χ2v) is 5.87. The molecule has 5 nitrogen and oxygen atoms in total. The predicted octanol–water partition coefficient (Wildman–Crippen LogP) is 1.52. The number of carbonyl (C=O) groups excluding carboxylic acids is 2. The van der Waals surface area contributed by atoms with E-state index in [1.54, 1.807) is 4.90 Å². The van der Waals surface area contributed by atoms with Gasteiger partial charge in [0, 0.05) is 37.4 Å². The van der Waals surface area contributed by atoms with Crippen molar-refractivity contribution in [3.05, 3.63) is 24.3 Å². The van der Waals surface area contributed by atoms with E-state index >= 15 is 0 Å². The molecule has 2 heterocycles. The average Bonchev–Trinajstić information content (AvgIpc) is 2.91. The number of nitrogens with zero attached hydrogens (tertiary/aromatic N) is 2. The van der Waals surface area contributed by atoms with Gasteiger partial charge in [0.15, 0.2) is 0 Å². The fourth-order valence-corrected chi connectivity index (χ4v) is 3.14. The maximum Gasteiger partial charge on any atom is 0.227 e. The first-order valence-corrected chi connectivity index (χ1v) is 7.60. The monoisotopic (exact) mass is 287 g/mol. The molecule has 2 aliphatic heterocycles. The molecular weight excluding hydrogens is 266 g/mol. The molecule has 2 N–H and O–H groups in total. The standard InChI is InChI=1S/C16H21N3O2/c17-16(21)12-10-15(20)19(11-12)14-6-4-13(5-7-14)18-8-2-1-3-9-18/h4-7,12H,1-3,8-11H2,(H2,17,21). The Hall–Kier alpha value is -2.04. The minimum Gasteiger partial charge on any atom is -0.372 e. The fraction of sp³-hybridized carbons (Fsp3) is 0.500. The second-order valence-electron chi connectivity index (χ2n) is 5.87. The van der Waals surface area contributed by atoms with E-state index in [4.69, 9.17) is 5.73 Å². The highest BCUT2D eigenvalue weighted by atomic mass is 16.2. The Morgan fingerprint density at radius 2 is 1.67 bits per heavy atom. The van der Waals surface area contributed by atoms with Crippen molar-refractivity contribution >= 4 is 23.2 Å². The summed E-state index contributed by atoms with van der Waals surface area (Å²) in [5.74, 6) is -0.778. The molecule has 3 rings (SSSR count). The van der Waals surface area contributed by atoms with E-state index in [1.807, 2.05) is 12.1 Å². The van der Waals surface area contributed by atoms with Crippen LogP contribution in [0.25, 0.3) is 0 Å². The average molecular weight is 287 g/mol. The molecule has 2 saturated heterocycles. The highest BCUT2D eigenvalue weighted by molar-refractivity contribution is 6.00. The van der Waals surface area contributed by atoms with Crippen molar-refractivity contribution in [3.63, 3.8) is 0 Å². The molecule has 112 valence electrons. The van der Waals surface area contributed by atoms with Crippen molar-refractivity contribution in [3.8, 4) is 0 Å². The lowest BCUT2D eigenvalue weighted by molar-refractivity contribution is -0.123. The molecule has 2 amide bonds. The molecule has 0 aliphatic carbocycles. The summed E-state index contributed by atoms with van der Waals surface area (Å²) in [4.78, 5) is 27.2. The first-order valence-electron chi connectivity index (χ1n) is 7.60. The van der Waals surface area contributed by atoms with Crippen molar-refractivity contribution in [1.82, 2.24) is 0 Å². The molecule has 2 fully saturated rings. The predicted molar refractivity (Wildman–Crippen MR) is 82.2 cm³/mol. The summed E-state index contributed by atoms with van der Waals surface area (Å²) in [6.07, 6.45) is 4.02. The van der Waals surface area contributed by atoms with Gasteiger partial charge < -0.3 is 15.5 Å². The van der Waals surface area contributed by atoms with Gasteiger partial charge in [-0.2, -0.15) is 0 Å². The van der Waals surface area contributed by atoms with Gasteiger partial charge in [0.05, 0.1) is 5.92 Å². The maximum atomic E-state index is 12.0. The molecule has 0 spiro atoms. The van der Waals surface area contributed by atoms with Crippen molar-refractivity contribution in [2.45, 2.75) is 25.7 Å². The van der Waals surface area contributed by atoms with Gasteiger partial charge in [-0.25, -0.2) is 0 Å². The molecule has 1 unspecified atom stereocenters. The zero-order chi connectivity index (χ0) is 14.8. The number of nitrogens with two attached hydrogens (primary N) is 1. The summed E-state index contributed by atoms with van der Waals surface area (Å²) >= 11 is 0. The molecular formula is C16H21N3O2. The van der Waals surface area contributed by atoms with E-state index < -0.39 is 5.91 Å². The molecule has 5 heteroatoms. The lowest BCUT2D eigenvalue weighted by atomic mass is 10.1. The van der Waals surface area contributed by atoms with Gasteiger partial charge in [0.2, 0.25) is 11.8 Å². The van der Waals surface area contributed by atoms with Crippen LogP contribution in [0, 0.1) is 5.92 Å². The van der Waals surface area contributed by atoms with Gasteiger partial charge in [-0.15, -0.1) is 0 Å². The molecule has 1 aromatic rings. The van der Waals surface area contributed by atoms with E-state index in [1.165, 1.54) is 24.9 Å². The van der Waals surface area contributed by atoms with Crippen molar-refractivity contribution in [2.75, 3.05) is 29.4 Å². The van der Waals surface area contributed by atoms with E-state index in [0.717, 1.165) is 18.8 Å². The number of anilines is 2. The zero-order valence-corrected chi connectivity index (χ0v) is 12.1. The van der Waals surface area contributed by atoms with Gasteiger partial charge in [0.1, 0.15) is 0 Å². The second kappa shape index (κ2) is 5.76. The third-order valence-corrected chi connectivity index (χ3v) is 4.41. The fourth-order valence-electron chi connectivity index (χ4n) is 3.14. The third kappa shape index (κ3) is 2.86. The van der Waals surface area contributed by atoms with Crippen LogP contribution in [0.2, 0.25) is 0 Å². The van der Waals surface area contributed by atoms with E-state index in [-0.39, 0.29) is 18.2 Å². The summed E-state index contributed by atoms with van der Waals surface area (Å²) in [5, 5.41) is 0. The van der Waals surface area contributed by atoms with E-state index in [9.17, 15) is 9.59 Å². The van der Waals surface area contributed by atoms with Crippen LogP contribution in [0.15, 0.2) is 24.3 Å². The summed E-state index contributed by atoms with van der Waals surface area (Å²) in [6, 6.07) is 8.05. The van der Waals surface area contributed by atoms with Gasteiger partial charge in [-0.05, 0) is 43.5 Å². The molecule has 0 radical (unpaired) electrons. The molecule has 1 atom stereocenters. The summed E-state index contributed by atoms with van der Waals surface area (Å²) in [7, 11) is 0. The number of hydrogen-bond donors (Lipinski definition) is 1. The molecule has 0 bridgehead atoms. The number of hydrogen-bond acceptors (Lipinski definition) is 3. The molecule has 0 saturated carbocycles. The largest absolute Gasteiger partial charge is 0.372 e. The lowest BCUT2D eigenvalue weighted by Gasteiger charge is -2.29. The minimum atomic E-state index is -0.393. The topological polar surface area (TPSA) is 66.6 Å². The first-order chi connectivity index (χ1) is 10.1. The summed E-state index contributed by atoms with van der Waals surface area (Å²) < 4.78 is 0. The van der Waals surface area contributed by atoms with Crippen molar-refractivity contribution in [2.24, 2.45) is 11.7 Å². The Morgan fingerprint density at radius 1 is 1.05 bits per heavy atom. The Bertz CT molecular complexity index is 535. The summed E-state index contributed by atoms with van der Waals surface area (Å²) in [5.41, 5.74) is 7.35. The maximum absolute atomic E-state index is 12.0. The SMILES string of the molecule is NC(=O)C1CC(=O)N(c2ccc(N3CCCCC3)cc2)C1. The normalized spacial score (nSPS) is 22.7. The molecule has 2 aliphatic rings. The number of primary amides is 1. The number of piperidine rings is 1. The van der Waals surface area contributed by atoms with Crippen LogP contribution in [0.5, 0.6) is 0 Å². The van der Waals surface area contributed by atoms with Gasteiger partial charge in [0.25, 0.3) is 0 Å². The van der Waals surface area contributed by atoms with Crippen molar-refractivity contribution < 1.29 is 9.59 Å². The van der Waals surface area contributed by atoms with Crippen LogP contribution in [0.1, 0.15) is 25.7 Å². The number of benzene rings is 1.